The van der Waals surface area contributed by atoms with Gasteiger partial charge in [0.2, 0.25) is 5.78 Å². The first-order valence-corrected chi connectivity index (χ1v) is 11.6. The number of nitrogens with zero attached hydrogens (tertiary/aromatic N) is 1. The number of rotatable bonds is 4. The molecular formula is C29H23NO6. The van der Waals surface area contributed by atoms with E-state index in [9.17, 15) is 9.59 Å². The molecule has 0 saturated carbocycles. The molecule has 6 rings (SSSR count). The number of benzene rings is 3. The van der Waals surface area contributed by atoms with Crippen LogP contribution in [0.25, 0.3) is 17.0 Å². The number of para-hydroxylation sites is 1. The summed E-state index contributed by atoms with van der Waals surface area (Å²) in [5.41, 5.74) is 3.83. The zero-order valence-electron chi connectivity index (χ0n) is 20.0. The van der Waals surface area contributed by atoms with E-state index < -0.39 is 5.92 Å². The molecule has 4 aromatic rings. The number of ketones is 1. The maximum Gasteiger partial charge on any atom is 0.312 e. The topological polar surface area (TPSA) is 76.0 Å². The maximum absolute atomic E-state index is 13.4. The number of allylic oxidation sites excluding steroid dienone is 1. The lowest BCUT2D eigenvalue weighted by atomic mass is 9.84. The number of aromatic nitrogens is 1. The number of carbonyl (C=O) groups is 2. The van der Waals surface area contributed by atoms with Gasteiger partial charge in [-0.25, -0.2) is 0 Å². The smallest absolute Gasteiger partial charge is 0.312 e. The molecule has 3 heterocycles. The standard InChI is InChI=1S/C29H23NO6/c1-30-15-16(18-6-4-5-7-22(18)30)12-25-28(32)20-10-11-23-27(29(20)36-25)21(14-26(31)35-23)19-9-8-17(33-2)13-24(19)34-3/h4-13,15,21H,14H2,1-3H3/b25-12-/t21-/m0/s1. The van der Waals surface area contributed by atoms with E-state index in [2.05, 4.69) is 0 Å². The van der Waals surface area contributed by atoms with Gasteiger partial charge in [-0.15, -0.1) is 0 Å². The summed E-state index contributed by atoms with van der Waals surface area (Å²) in [5, 5.41) is 1.02. The Bertz CT molecular complexity index is 1600. The van der Waals surface area contributed by atoms with E-state index in [0.717, 1.165) is 22.0 Å². The zero-order valence-corrected chi connectivity index (χ0v) is 20.0. The Morgan fingerprint density at radius 3 is 2.64 bits per heavy atom. The number of aryl methyl sites for hydroxylation is 1. The summed E-state index contributed by atoms with van der Waals surface area (Å²) in [6.07, 6.45) is 3.83. The van der Waals surface area contributed by atoms with Gasteiger partial charge in [0.25, 0.3) is 0 Å². The van der Waals surface area contributed by atoms with Crippen molar-refractivity contribution >= 4 is 28.7 Å². The SMILES string of the molecule is COc1ccc([C@@H]2CC(=O)Oc3ccc4c(c32)O/C(=C\c2cn(C)c3ccccc23)C4=O)c(OC)c1. The summed E-state index contributed by atoms with van der Waals surface area (Å²) >= 11 is 0. The monoisotopic (exact) mass is 481 g/mol. The molecule has 0 bridgehead atoms. The van der Waals surface area contributed by atoms with Crippen LogP contribution in [0.1, 0.15) is 39.4 Å². The van der Waals surface area contributed by atoms with E-state index in [1.54, 1.807) is 38.5 Å². The third kappa shape index (κ3) is 3.35. The number of esters is 1. The Morgan fingerprint density at radius 1 is 1.00 bits per heavy atom. The third-order valence-electron chi connectivity index (χ3n) is 6.81. The van der Waals surface area contributed by atoms with Crippen molar-refractivity contribution in [3.63, 3.8) is 0 Å². The van der Waals surface area contributed by atoms with Crippen LogP contribution < -0.4 is 18.9 Å². The first kappa shape index (κ1) is 22.0. The van der Waals surface area contributed by atoms with Crippen LogP contribution in [0.2, 0.25) is 0 Å². The van der Waals surface area contributed by atoms with Crippen molar-refractivity contribution in [3.05, 3.63) is 88.8 Å². The number of hydrogen-bond donors (Lipinski definition) is 0. The molecule has 3 aromatic carbocycles. The first-order chi connectivity index (χ1) is 17.5. The van der Waals surface area contributed by atoms with Crippen LogP contribution in [0, 0.1) is 0 Å². The molecule has 0 spiro atoms. The van der Waals surface area contributed by atoms with E-state index in [4.69, 9.17) is 18.9 Å². The largest absolute Gasteiger partial charge is 0.497 e. The molecule has 0 amide bonds. The average molecular weight is 482 g/mol. The molecule has 180 valence electrons. The number of fused-ring (bicyclic) bond motifs is 4. The van der Waals surface area contributed by atoms with Gasteiger partial charge in [-0.2, -0.15) is 0 Å². The maximum atomic E-state index is 13.4. The van der Waals surface area contributed by atoms with Gasteiger partial charge in [0, 0.05) is 52.8 Å². The van der Waals surface area contributed by atoms with E-state index >= 15 is 0 Å². The highest BCUT2D eigenvalue weighted by Gasteiger charge is 2.39. The van der Waals surface area contributed by atoms with Crippen LogP contribution in [0.15, 0.2) is 66.6 Å². The van der Waals surface area contributed by atoms with E-state index in [0.29, 0.717) is 34.1 Å². The van der Waals surface area contributed by atoms with Crippen molar-refractivity contribution in [3.8, 4) is 23.0 Å². The number of ether oxygens (including phenoxy) is 4. The molecule has 7 heteroatoms. The minimum atomic E-state index is -0.415. The second kappa shape index (κ2) is 8.30. The molecule has 0 radical (unpaired) electrons. The minimum absolute atomic E-state index is 0.0893. The van der Waals surface area contributed by atoms with Crippen molar-refractivity contribution < 1.29 is 28.5 Å². The van der Waals surface area contributed by atoms with E-state index in [1.807, 2.05) is 54.2 Å². The molecule has 1 aromatic heterocycles. The van der Waals surface area contributed by atoms with Gasteiger partial charge < -0.3 is 23.5 Å². The molecule has 36 heavy (non-hydrogen) atoms. The summed E-state index contributed by atoms with van der Waals surface area (Å²) in [6.45, 7) is 0. The van der Waals surface area contributed by atoms with Gasteiger partial charge in [-0.1, -0.05) is 24.3 Å². The van der Waals surface area contributed by atoms with Gasteiger partial charge >= 0.3 is 5.97 Å². The second-order valence-electron chi connectivity index (χ2n) is 8.84. The fourth-order valence-corrected chi connectivity index (χ4v) is 5.11. The van der Waals surface area contributed by atoms with Crippen molar-refractivity contribution in [2.24, 2.45) is 7.05 Å². The fraction of sp³-hybridized carbons (Fsp3) is 0.172. The third-order valence-corrected chi connectivity index (χ3v) is 6.81. The Kier molecular flexibility index (Phi) is 5.07. The lowest BCUT2D eigenvalue weighted by molar-refractivity contribution is -0.135. The molecule has 2 aliphatic rings. The Morgan fingerprint density at radius 2 is 1.83 bits per heavy atom. The molecule has 0 saturated heterocycles. The predicted octanol–water partition coefficient (Wildman–Crippen LogP) is 5.25. The highest BCUT2D eigenvalue weighted by Crippen LogP contribution is 2.50. The average Bonchev–Trinajstić information content (AvgIpc) is 3.39. The predicted molar refractivity (Wildman–Crippen MR) is 134 cm³/mol. The summed E-state index contributed by atoms with van der Waals surface area (Å²) in [5.74, 6) is 1.26. The Balaban J connectivity index is 1.48. The fourth-order valence-electron chi connectivity index (χ4n) is 5.11. The van der Waals surface area contributed by atoms with Crippen LogP contribution in [0.4, 0.5) is 0 Å². The molecule has 0 fully saturated rings. The first-order valence-electron chi connectivity index (χ1n) is 11.6. The van der Waals surface area contributed by atoms with Crippen molar-refractivity contribution in [2.75, 3.05) is 14.2 Å². The second-order valence-corrected chi connectivity index (χ2v) is 8.84. The van der Waals surface area contributed by atoms with E-state index in [1.165, 1.54) is 0 Å². The molecule has 2 aliphatic heterocycles. The van der Waals surface area contributed by atoms with Crippen LogP contribution in [0.5, 0.6) is 23.0 Å². The number of carbonyl (C=O) groups excluding carboxylic acids is 2. The summed E-state index contributed by atoms with van der Waals surface area (Å²) in [6, 6.07) is 16.8. The number of hydrogen-bond acceptors (Lipinski definition) is 6. The molecule has 0 aliphatic carbocycles. The van der Waals surface area contributed by atoms with Gasteiger partial charge in [-0.3, -0.25) is 9.59 Å². The summed E-state index contributed by atoms with van der Waals surface area (Å²) < 4.78 is 24.8. The van der Waals surface area contributed by atoms with Crippen molar-refractivity contribution in [1.29, 1.82) is 0 Å². The molecular weight excluding hydrogens is 458 g/mol. The van der Waals surface area contributed by atoms with Crippen LogP contribution in [0.3, 0.4) is 0 Å². The molecule has 7 nitrogen and oxygen atoms in total. The lowest BCUT2D eigenvalue weighted by Crippen LogP contribution is -2.22. The molecule has 0 N–H and O–H groups in total. The lowest BCUT2D eigenvalue weighted by Gasteiger charge is -2.27. The van der Waals surface area contributed by atoms with Crippen molar-refractivity contribution in [2.45, 2.75) is 12.3 Å². The normalized spacial score (nSPS) is 17.5. The van der Waals surface area contributed by atoms with Crippen LogP contribution in [-0.4, -0.2) is 30.5 Å². The summed E-state index contributed by atoms with van der Waals surface area (Å²) in [7, 11) is 5.12. The minimum Gasteiger partial charge on any atom is -0.497 e. The van der Waals surface area contributed by atoms with Crippen LogP contribution in [-0.2, 0) is 11.8 Å². The van der Waals surface area contributed by atoms with E-state index in [-0.39, 0.29) is 23.9 Å². The van der Waals surface area contributed by atoms with Gasteiger partial charge in [0.05, 0.1) is 26.2 Å². The highest BCUT2D eigenvalue weighted by atomic mass is 16.5. The molecule has 0 unspecified atom stereocenters. The van der Waals surface area contributed by atoms with Gasteiger partial charge in [0.15, 0.2) is 5.76 Å². The van der Waals surface area contributed by atoms with Gasteiger partial charge in [0.1, 0.15) is 23.0 Å². The van der Waals surface area contributed by atoms with Gasteiger partial charge in [-0.05, 0) is 30.3 Å². The Hall–Kier alpha value is -4.52. The quantitative estimate of drug-likeness (QED) is 0.225. The zero-order chi connectivity index (χ0) is 25.0. The highest BCUT2D eigenvalue weighted by molar-refractivity contribution is 6.15. The number of methoxy groups -OCH3 is 2. The molecule has 1 atom stereocenters. The van der Waals surface area contributed by atoms with Crippen molar-refractivity contribution in [1.82, 2.24) is 4.57 Å². The summed E-state index contributed by atoms with van der Waals surface area (Å²) in [4.78, 5) is 25.9. The number of Topliss-reactive ketones (excluding diaryl/α,β-unsaturated/α-hetero) is 1. The van der Waals surface area contributed by atoms with Crippen LogP contribution >= 0.6 is 0 Å². The Labute approximate surface area is 207 Å².